The zero-order valence-corrected chi connectivity index (χ0v) is 15.8. The second-order valence-corrected chi connectivity index (χ2v) is 8.83. The second-order valence-electron chi connectivity index (χ2n) is 4.72. The molecule has 0 fully saturated rings. The molecule has 0 spiro atoms. The number of nitro benzene ring substituents is 2. The summed E-state index contributed by atoms with van der Waals surface area (Å²) >= 11 is 11.1. The van der Waals surface area contributed by atoms with Crippen molar-refractivity contribution in [1.82, 2.24) is 0 Å². The van der Waals surface area contributed by atoms with Gasteiger partial charge in [-0.05, 0) is 24.3 Å². The third-order valence-electron chi connectivity index (χ3n) is 2.99. The van der Waals surface area contributed by atoms with Crippen LogP contribution in [0.4, 0.5) is 11.4 Å². The molecule has 0 amide bonds. The van der Waals surface area contributed by atoms with Gasteiger partial charge in [-0.3, -0.25) is 20.2 Å². The van der Waals surface area contributed by atoms with Gasteiger partial charge in [0.1, 0.15) is 19.8 Å². The van der Waals surface area contributed by atoms with Crippen LogP contribution in [0.1, 0.15) is 0 Å². The van der Waals surface area contributed by atoms with Gasteiger partial charge in [0.25, 0.3) is 11.4 Å². The predicted octanol–water partition coefficient (Wildman–Crippen LogP) is 2.90. The van der Waals surface area contributed by atoms with Gasteiger partial charge >= 0.3 is 20.2 Å². The summed E-state index contributed by atoms with van der Waals surface area (Å²) in [5, 5.41) is 20.9. The molecule has 0 saturated heterocycles. The van der Waals surface area contributed by atoms with Crippen molar-refractivity contribution in [3.05, 3.63) is 66.7 Å². The Kier molecular flexibility index (Phi) is 5.72. The number of rotatable bonds is 6. The zero-order valence-electron chi connectivity index (χ0n) is 12.6. The van der Waals surface area contributed by atoms with E-state index in [4.69, 9.17) is 23.2 Å². The van der Waals surface area contributed by atoms with E-state index < -0.39 is 51.2 Å². The van der Waals surface area contributed by atoms with Crippen molar-refractivity contribution in [2.75, 3.05) is 0 Å². The molecule has 11 nitrogen and oxygen atoms in total. The Balaban J connectivity index is 2.48. The standard InChI is InChI=1S/C12H6Cl2N2O9S2/c13-9-3-1-7(5-11(9)15(17)18)26(21,22)25-27(23,24)8-2-4-10(14)12(6-8)16(19)20/h1-6H. The van der Waals surface area contributed by atoms with Crippen LogP contribution in [-0.4, -0.2) is 26.7 Å². The molecule has 0 aliphatic carbocycles. The van der Waals surface area contributed by atoms with Crippen molar-refractivity contribution >= 4 is 54.8 Å². The molecule has 0 unspecified atom stereocenters. The monoisotopic (exact) mass is 456 g/mol. The number of nitro groups is 2. The van der Waals surface area contributed by atoms with Gasteiger partial charge in [0.15, 0.2) is 0 Å². The smallest absolute Gasteiger partial charge is 0.258 e. The summed E-state index contributed by atoms with van der Waals surface area (Å²) in [5.74, 6) is 0. The van der Waals surface area contributed by atoms with Crippen LogP contribution in [0.2, 0.25) is 10.0 Å². The molecular weight excluding hydrogens is 451 g/mol. The Morgan fingerprint density at radius 1 is 0.741 bits per heavy atom. The van der Waals surface area contributed by atoms with Crippen LogP contribution in [0.15, 0.2) is 46.2 Å². The molecular formula is C12H6Cl2N2O9S2. The van der Waals surface area contributed by atoms with Crippen LogP contribution in [0.5, 0.6) is 0 Å². The summed E-state index contributed by atoms with van der Waals surface area (Å²) in [6.07, 6.45) is 0. The van der Waals surface area contributed by atoms with E-state index in [1.807, 2.05) is 0 Å². The van der Waals surface area contributed by atoms with E-state index in [1.165, 1.54) is 0 Å². The van der Waals surface area contributed by atoms with E-state index in [0.29, 0.717) is 12.1 Å². The number of halogens is 2. The fourth-order valence-electron chi connectivity index (χ4n) is 1.77. The molecule has 15 heteroatoms. The van der Waals surface area contributed by atoms with Gasteiger partial charge < -0.3 is 0 Å². The van der Waals surface area contributed by atoms with Gasteiger partial charge in [-0.15, -0.1) is 3.63 Å². The number of hydrogen-bond donors (Lipinski definition) is 0. The summed E-state index contributed by atoms with van der Waals surface area (Å²) in [5.41, 5.74) is -1.58. The lowest BCUT2D eigenvalue weighted by Gasteiger charge is -2.07. The van der Waals surface area contributed by atoms with E-state index in [9.17, 15) is 37.1 Å². The van der Waals surface area contributed by atoms with E-state index in [2.05, 4.69) is 3.63 Å². The summed E-state index contributed by atoms with van der Waals surface area (Å²) in [6, 6.07) is 4.36. The lowest BCUT2D eigenvalue weighted by Crippen LogP contribution is -2.14. The Morgan fingerprint density at radius 2 is 1.07 bits per heavy atom. The SMILES string of the molecule is O=[N+]([O-])c1cc(S(=O)(=O)OS(=O)(=O)c2ccc(Cl)c([N+](=O)[O-])c2)ccc1Cl. The first-order valence-corrected chi connectivity index (χ1v) is 10.0. The Hall–Kier alpha value is -2.32. The second kappa shape index (κ2) is 7.36. The van der Waals surface area contributed by atoms with Gasteiger partial charge in [-0.1, -0.05) is 23.2 Å². The maximum atomic E-state index is 12.2. The van der Waals surface area contributed by atoms with Crippen molar-refractivity contribution in [3.63, 3.8) is 0 Å². The normalized spacial score (nSPS) is 11.9. The van der Waals surface area contributed by atoms with Gasteiger partial charge in [0.05, 0.1) is 9.85 Å². The molecule has 0 aliphatic rings. The van der Waals surface area contributed by atoms with Crippen molar-refractivity contribution in [3.8, 4) is 0 Å². The van der Waals surface area contributed by atoms with E-state index in [1.54, 1.807) is 0 Å². The van der Waals surface area contributed by atoms with Gasteiger partial charge in [0.2, 0.25) is 0 Å². The predicted molar refractivity (Wildman–Crippen MR) is 91.7 cm³/mol. The van der Waals surface area contributed by atoms with Crippen LogP contribution < -0.4 is 0 Å². The highest BCUT2D eigenvalue weighted by molar-refractivity contribution is 7.99. The average Bonchev–Trinajstić information content (AvgIpc) is 2.53. The maximum absolute atomic E-state index is 12.2. The highest BCUT2D eigenvalue weighted by atomic mass is 35.5. The van der Waals surface area contributed by atoms with E-state index in [0.717, 1.165) is 24.3 Å². The topological polar surface area (TPSA) is 164 Å². The minimum Gasteiger partial charge on any atom is -0.258 e. The lowest BCUT2D eigenvalue weighted by atomic mass is 10.3. The molecule has 144 valence electrons. The third-order valence-corrected chi connectivity index (χ3v) is 6.72. The van der Waals surface area contributed by atoms with Gasteiger partial charge in [-0.25, -0.2) is 0 Å². The molecule has 2 aromatic carbocycles. The lowest BCUT2D eigenvalue weighted by molar-refractivity contribution is -0.385. The minimum absolute atomic E-state index is 0.380. The summed E-state index contributed by atoms with van der Waals surface area (Å²) < 4.78 is 52.8. The fourth-order valence-corrected chi connectivity index (χ4v) is 4.70. The molecule has 0 aromatic heterocycles. The van der Waals surface area contributed by atoms with E-state index in [-0.39, 0.29) is 10.0 Å². The molecule has 0 bridgehead atoms. The maximum Gasteiger partial charge on any atom is 0.311 e. The molecule has 0 aliphatic heterocycles. The summed E-state index contributed by atoms with van der Waals surface area (Å²) in [7, 11) is -10.1. The molecule has 0 heterocycles. The van der Waals surface area contributed by atoms with Crippen molar-refractivity contribution in [1.29, 1.82) is 0 Å². The molecule has 0 atom stereocenters. The Morgan fingerprint density at radius 3 is 1.37 bits per heavy atom. The minimum atomic E-state index is -5.04. The molecule has 2 aromatic rings. The van der Waals surface area contributed by atoms with E-state index >= 15 is 0 Å². The first kappa shape index (κ1) is 21.0. The van der Waals surface area contributed by atoms with Crippen LogP contribution >= 0.6 is 23.2 Å². The van der Waals surface area contributed by atoms with Crippen LogP contribution in [0.25, 0.3) is 0 Å². The Labute approximate surface area is 161 Å². The van der Waals surface area contributed by atoms with Crippen LogP contribution in [-0.2, 0) is 23.9 Å². The van der Waals surface area contributed by atoms with Crippen molar-refractivity contribution in [2.24, 2.45) is 0 Å². The molecule has 0 N–H and O–H groups in total. The van der Waals surface area contributed by atoms with Crippen LogP contribution in [0, 0.1) is 20.2 Å². The Bertz CT molecular complexity index is 1070. The fraction of sp³-hybridized carbons (Fsp3) is 0. The summed E-state index contributed by atoms with van der Waals surface area (Å²) in [4.78, 5) is 18.0. The number of hydrogen-bond acceptors (Lipinski definition) is 9. The number of nitrogens with zero attached hydrogens (tertiary/aromatic N) is 2. The highest BCUT2D eigenvalue weighted by Crippen LogP contribution is 2.31. The quantitative estimate of drug-likeness (QED) is 0.468. The number of benzene rings is 2. The summed E-state index contributed by atoms with van der Waals surface area (Å²) in [6.45, 7) is 0. The first-order chi connectivity index (χ1) is 12.3. The first-order valence-electron chi connectivity index (χ1n) is 6.44. The molecule has 0 radical (unpaired) electrons. The van der Waals surface area contributed by atoms with Crippen LogP contribution in [0.3, 0.4) is 0 Å². The average molecular weight is 457 g/mol. The molecule has 27 heavy (non-hydrogen) atoms. The van der Waals surface area contributed by atoms with Gasteiger partial charge in [-0.2, -0.15) is 16.8 Å². The third kappa shape index (κ3) is 4.51. The molecule has 2 rings (SSSR count). The molecule has 0 saturated carbocycles. The van der Waals surface area contributed by atoms with Crippen molar-refractivity contribution in [2.45, 2.75) is 9.79 Å². The van der Waals surface area contributed by atoms with Crippen molar-refractivity contribution < 1.29 is 30.3 Å². The largest absolute Gasteiger partial charge is 0.311 e. The van der Waals surface area contributed by atoms with Gasteiger partial charge in [0, 0.05) is 12.1 Å². The highest BCUT2D eigenvalue weighted by Gasteiger charge is 2.30. The zero-order chi connectivity index (χ0) is 20.6.